The first-order valence-corrected chi connectivity index (χ1v) is 7.20. The molecule has 0 spiro atoms. The number of unbranched alkanes of at least 4 members (excludes halogenated alkanes) is 1. The number of imidazole rings is 1. The number of aliphatic hydroxyl groups is 1. The molecule has 0 aliphatic rings. The Balaban J connectivity index is 1.87. The van der Waals surface area contributed by atoms with E-state index in [0.717, 1.165) is 37.2 Å². The number of rotatable bonds is 7. The average molecular weight is 271 g/mol. The number of hydrogen-bond donors (Lipinski definition) is 1. The Morgan fingerprint density at radius 3 is 2.60 bits per heavy atom. The molecule has 1 aromatic carbocycles. The van der Waals surface area contributed by atoms with Gasteiger partial charge < -0.3 is 9.67 Å². The zero-order valence-corrected chi connectivity index (χ0v) is 12.1. The fourth-order valence-corrected chi connectivity index (χ4v) is 2.50. The van der Waals surface area contributed by atoms with Gasteiger partial charge >= 0.3 is 0 Å². The number of aromatic nitrogens is 2. The van der Waals surface area contributed by atoms with Crippen LogP contribution in [-0.4, -0.2) is 14.7 Å². The van der Waals surface area contributed by atoms with Gasteiger partial charge in [-0.25, -0.2) is 4.98 Å². The Morgan fingerprint density at radius 2 is 2.00 bits per heavy atom. The Kier molecular flexibility index (Phi) is 4.96. The minimum absolute atomic E-state index is 0.501. The predicted molar refractivity (Wildman–Crippen MR) is 81.1 cm³/mol. The van der Waals surface area contributed by atoms with Crippen LogP contribution in [0.15, 0.2) is 42.7 Å². The summed E-state index contributed by atoms with van der Waals surface area (Å²) >= 11 is 0. The van der Waals surface area contributed by atoms with E-state index in [2.05, 4.69) is 16.5 Å². The normalized spacial score (nSPS) is 14.2. The maximum atomic E-state index is 10.7. The first-order valence-electron chi connectivity index (χ1n) is 7.20. The van der Waals surface area contributed by atoms with Crippen molar-refractivity contribution >= 4 is 0 Å². The van der Waals surface area contributed by atoms with Crippen LogP contribution >= 0.6 is 0 Å². The van der Waals surface area contributed by atoms with E-state index in [4.69, 9.17) is 0 Å². The summed E-state index contributed by atoms with van der Waals surface area (Å²) in [7, 11) is 0. The lowest BCUT2D eigenvalue weighted by molar-refractivity contribution is 0.0268. The molecule has 1 radical (unpaired) electrons. The largest absolute Gasteiger partial charge is 0.385 e. The zero-order valence-electron chi connectivity index (χ0n) is 12.1. The molecule has 3 heteroatoms. The molecule has 1 aromatic heterocycles. The quantitative estimate of drug-likeness (QED) is 0.783. The standard InChI is InChI=1S/C17H23N2O/c1-3-17(20,16-9-5-4-6-10-16)11-7-8-13-19-14-12-18-15(19)2/h4-6,9-10,12,14,20H,1,3,7-8,11,13H2,2H3. The van der Waals surface area contributed by atoms with E-state index < -0.39 is 5.60 Å². The number of benzene rings is 1. The molecule has 0 aliphatic carbocycles. The predicted octanol–water partition coefficient (Wildman–Crippen LogP) is 3.47. The minimum Gasteiger partial charge on any atom is -0.385 e. The fraction of sp³-hybridized carbons (Fsp3) is 0.412. The lowest BCUT2D eigenvalue weighted by Crippen LogP contribution is -2.24. The summed E-state index contributed by atoms with van der Waals surface area (Å²) in [5.41, 5.74) is 0.166. The molecule has 0 bridgehead atoms. The highest BCUT2D eigenvalue weighted by atomic mass is 16.3. The van der Waals surface area contributed by atoms with E-state index in [0.29, 0.717) is 6.42 Å². The molecule has 3 nitrogen and oxygen atoms in total. The highest BCUT2D eigenvalue weighted by molar-refractivity contribution is 5.22. The molecule has 20 heavy (non-hydrogen) atoms. The second-order valence-electron chi connectivity index (χ2n) is 5.27. The Labute approximate surface area is 121 Å². The topological polar surface area (TPSA) is 38.0 Å². The molecule has 0 saturated carbocycles. The van der Waals surface area contributed by atoms with Crippen LogP contribution in [0.2, 0.25) is 0 Å². The molecule has 2 rings (SSSR count). The van der Waals surface area contributed by atoms with E-state index in [-0.39, 0.29) is 0 Å². The van der Waals surface area contributed by atoms with Gasteiger partial charge in [0.25, 0.3) is 0 Å². The lowest BCUT2D eigenvalue weighted by atomic mass is 9.86. The van der Waals surface area contributed by atoms with Crippen molar-refractivity contribution in [2.75, 3.05) is 0 Å². The van der Waals surface area contributed by atoms with Crippen LogP contribution in [0.1, 0.15) is 37.1 Å². The zero-order chi connectivity index (χ0) is 14.4. The highest BCUT2D eigenvalue weighted by Crippen LogP contribution is 2.30. The number of nitrogens with zero attached hydrogens (tertiary/aromatic N) is 2. The summed E-state index contributed by atoms with van der Waals surface area (Å²) in [6.45, 7) is 6.87. The summed E-state index contributed by atoms with van der Waals surface area (Å²) in [6, 6.07) is 9.85. The summed E-state index contributed by atoms with van der Waals surface area (Å²) in [6.07, 6.45) is 7.08. The van der Waals surface area contributed by atoms with Crippen molar-refractivity contribution in [1.29, 1.82) is 0 Å². The van der Waals surface area contributed by atoms with Crippen LogP contribution in [0.25, 0.3) is 0 Å². The molecule has 0 amide bonds. The number of hydrogen-bond acceptors (Lipinski definition) is 2. The Hall–Kier alpha value is -1.61. The summed E-state index contributed by atoms with van der Waals surface area (Å²) in [5.74, 6) is 1.04. The van der Waals surface area contributed by atoms with Crippen molar-refractivity contribution in [1.82, 2.24) is 9.55 Å². The lowest BCUT2D eigenvalue weighted by Gasteiger charge is -2.27. The summed E-state index contributed by atoms with van der Waals surface area (Å²) < 4.78 is 2.14. The van der Waals surface area contributed by atoms with Crippen molar-refractivity contribution in [2.24, 2.45) is 0 Å². The maximum Gasteiger partial charge on any atom is 0.105 e. The summed E-state index contributed by atoms with van der Waals surface area (Å²) in [5, 5.41) is 10.7. The second-order valence-corrected chi connectivity index (χ2v) is 5.27. The Bertz CT molecular complexity index is 521. The fourth-order valence-electron chi connectivity index (χ4n) is 2.50. The van der Waals surface area contributed by atoms with Crippen LogP contribution in [0.5, 0.6) is 0 Å². The van der Waals surface area contributed by atoms with Gasteiger partial charge in [-0.1, -0.05) is 37.3 Å². The van der Waals surface area contributed by atoms with Crippen molar-refractivity contribution in [2.45, 2.75) is 44.8 Å². The van der Waals surface area contributed by atoms with Crippen LogP contribution in [0.3, 0.4) is 0 Å². The van der Waals surface area contributed by atoms with Crippen molar-refractivity contribution in [3.05, 3.63) is 61.0 Å². The molecule has 0 fully saturated rings. The van der Waals surface area contributed by atoms with E-state index in [1.165, 1.54) is 0 Å². The molecular formula is C17H23N2O. The van der Waals surface area contributed by atoms with E-state index in [1.54, 1.807) is 0 Å². The van der Waals surface area contributed by atoms with Gasteiger partial charge in [0.15, 0.2) is 0 Å². The second kappa shape index (κ2) is 6.71. The maximum absolute atomic E-state index is 10.7. The molecule has 0 saturated heterocycles. The first-order chi connectivity index (χ1) is 9.65. The van der Waals surface area contributed by atoms with Crippen LogP contribution in [0.4, 0.5) is 0 Å². The molecular weight excluding hydrogens is 248 g/mol. The van der Waals surface area contributed by atoms with E-state index >= 15 is 0 Å². The van der Waals surface area contributed by atoms with Gasteiger partial charge in [0, 0.05) is 18.9 Å². The third kappa shape index (κ3) is 3.48. The monoisotopic (exact) mass is 271 g/mol. The first kappa shape index (κ1) is 14.8. The molecule has 0 aliphatic heterocycles. The molecule has 1 unspecified atom stereocenters. The van der Waals surface area contributed by atoms with Gasteiger partial charge in [0.2, 0.25) is 0 Å². The smallest absolute Gasteiger partial charge is 0.105 e. The minimum atomic E-state index is -0.800. The molecule has 2 aromatic rings. The van der Waals surface area contributed by atoms with Gasteiger partial charge in [-0.05, 0) is 38.2 Å². The molecule has 1 atom stereocenters. The van der Waals surface area contributed by atoms with Gasteiger partial charge in [-0.15, -0.1) is 0 Å². The van der Waals surface area contributed by atoms with E-state index in [1.807, 2.05) is 49.6 Å². The third-order valence-electron chi connectivity index (χ3n) is 3.89. The Morgan fingerprint density at radius 1 is 1.25 bits per heavy atom. The molecule has 107 valence electrons. The van der Waals surface area contributed by atoms with Crippen molar-refractivity contribution < 1.29 is 5.11 Å². The van der Waals surface area contributed by atoms with Crippen molar-refractivity contribution in [3.63, 3.8) is 0 Å². The third-order valence-corrected chi connectivity index (χ3v) is 3.89. The van der Waals surface area contributed by atoms with Gasteiger partial charge in [-0.2, -0.15) is 0 Å². The van der Waals surface area contributed by atoms with Crippen LogP contribution in [-0.2, 0) is 12.1 Å². The van der Waals surface area contributed by atoms with E-state index in [9.17, 15) is 5.11 Å². The highest BCUT2D eigenvalue weighted by Gasteiger charge is 2.25. The summed E-state index contributed by atoms with van der Waals surface area (Å²) in [4.78, 5) is 4.21. The van der Waals surface area contributed by atoms with Gasteiger partial charge in [0.05, 0.1) is 5.60 Å². The number of aryl methyl sites for hydroxylation is 2. The SMILES string of the molecule is [CH2]CC(O)(CCCCn1ccnc1C)c1ccccc1. The molecule has 1 heterocycles. The van der Waals surface area contributed by atoms with Gasteiger partial charge in [0.1, 0.15) is 5.82 Å². The van der Waals surface area contributed by atoms with Gasteiger partial charge in [-0.3, -0.25) is 0 Å². The van der Waals surface area contributed by atoms with Crippen LogP contribution in [0, 0.1) is 13.8 Å². The van der Waals surface area contributed by atoms with Crippen LogP contribution < -0.4 is 0 Å². The molecule has 1 N–H and O–H groups in total. The van der Waals surface area contributed by atoms with Crippen molar-refractivity contribution in [3.8, 4) is 0 Å². The average Bonchev–Trinajstić information content (AvgIpc) is 2.90.